The van der Waals surface area contributed by atoms with Crippen molar-refractivity contribution in [3.63, 3.8) is 0 Å². The third-order valence-electron chi connectivity index (χ3n) is 12.9. The van der Waals surface area contributed by atoms with Crippen molar-refractivity contribution in [2.45, 2.75) is 0 Å². The van der Waals surface area contributed by atoms with Gasteiger partial charge in [0.1, 0.15) is 50.4 Å². The summed E-state index contributed by atoms with van der Waals surface area (Å²) in [5, 5.41) is 8.61. The minimum absolute atomic E-state index is 0.193. The van der Waals surface area contributed by atoms with E-state index in [2.05, 4.69) is 162 Å². The fourth-order valence-electron chi connectivity index (χ4n) is 9.98. The molecule has 10 aromatic carbocycles. The highest BCUT2D eigenvalue weighted by atomic mass is 16.3. The molecule has 2 aromatic heterocycles. The third-order valence-corrected chi connectivity index (χ3v) is 12.9. The molecule has 0 amide bonds. The molecule has 12 rings (SSSR count). The van der Waals surface area contributed by atoms with Crippen LogP contribution in [0.1, 0.15) is 0 Å². The molecule has 2 heterocycles. The van der Waals surface area contributed by atoms with Crippen molar-refractivity contribution in [1.82, 2.24) is 4.57 Å². The van der Waals surface area contributed by atoms with Gasteiger partial charge < -0.3 is 8.98 Å². The molecule has 0 aliphatic carbocycles. The highest BCUT2D eigenvalue weighted by Gasteiger charge is 2.23. The van der Waals surface area contributed by atoms with E-state index in [9.17, 15) is 0 Å². The zero-order valence-corrected chi connectivity index (χ0v) is 34.1. The quantitative estimate of drug-likeness (QED) is 0.126. The van der Waals surface area contributed by atoms with Gasteiger partial charge in [-0.15, -0.1) is 16.4 Å². The van der Waals surface area contributed by atoms with Gasteiger partial charge in [-0.2, -0.15) is 0 Å². The van der Waals surface area contributed by atoms with Crippen LogP contribution in [0.5, 0.6) is 0 Å². The molecule has 0 atom stereocenters. The number of rotatable bonds is 5. The maximum atomic E-state index is 6.73. The van der Waals surface area contributed by atoms with Crippen molar-refractivity contribution in [2.75, 3.05) is 0 Å². The molecule has 0 aliphatic heterocycles. The number of aromatic nitrogens is 1. The van der Waals surface area contributed by atoms with Crippen LogP contribution in [-0.2, 0) is 0 Å². The number of nitrogens with zero attached hydrogens (tertiary/aromatic N) is 1. The topological polar surface area (TPSA) is 18.1 Å². The molecule has 0 aliphatic rings. The molecule has 7 heteroatoms. The molecule has 280 valence electrons. The van der Waals surface area contributed by atoms with E-state index in [1.807, 2.05) is 24.3 Å². The van der Waals surface area contributed by atoms with E-state index in [4.69, 9.17) is 43.6 Å². The molecule has 63 heavy (non-hydrogen) atoms. The van der Waals surface area contributed by atoms with Crippen LogP contribution in [0.2, 0.25) is 0 Å². The summed E-state index contributed by atoms with van der Waals surface area (Å²) in [7, 11) is 32.6. The maximum absolute atomic E-state index is 6.73. The average molecular weight is 787 g/mol. The number of hydrogen-bond acceptors (Lipinski definition) is 1. The summed E-state index contributed by atoms with van der Waals surface area (Å²) in [6.07, 6.45) is 0. The van der Waals surface area contributed by atoms with E-state index < -0.39 is 0 Å². The molecule has 0 saturated carbocycles. The molecular weight excluding hydrogens is 757 g/mol. The maximum Gasteiger partial charge on any atom is 0.136 e. The Bertz CT molecular complexity index is 3760. The Morgan fingerprint density at radius 2 is 0.825 bits per heavy atom. The Kier molecular flexibility index (Phi) is 8.53. The van der Waals surface area contributed by atoms with Crippen molar-refractivity contribution in [2.24, 2.45) is 0 Å². The summed E-state index contributed by atoms with van der Waals surface area (Å²) in [5.41, 5.74) is 14.4. The Labute approximate surface area is 371 Å². The first kappa shape index (κ1) is 37.4. The first-order valence-corrected chi connectivity index (χ1v) is 21.0. The van der Waals surface area contributed by atoms with Gasteiger partial charge in [-0.05, 0) is 96.9 Å². The molecule has 0 N–H and O–H groups in total. The van der Waals surface area contributed by atoms with Crippen molar-refractivity contribution in [1.29, 1.82) is 0 Å². The second-order valence-electron chi connectivity index (χ2n) is 16.2. The minimum Gasteiger partial charge on any atom is -0.456 e. The average Bonchev–Trinajstić information content (AvgIpc) is 3.88. The second kappa shape index (κ2) is 14.4. The second-order valence-corrected chi connectivity index (χ2v) is 16.2. The minimum atomic E-state index is 0.193. The molecule has 2 nitrogen and oxygen atoms in total. The smallest absolute Gasteiger partial charge is 0.136 e. The SMILES string of the molecule is [B]c1c([B])c([B])c(-c2c3ccccc3c(-c3ccc(-c4ccc5oc6ccccc6c5c4-c4ccc5c6ccccc6n(-c6ccccc6)c5c4)cc3)c3ccccc23)c([B])c1[B]. The van der Waals surface area contributed by atoms with Gasteiger partial charge in [-0.25, -0.2) is 0 Å². The molecule has 0 bridgehead atoms. The van der Waals surface area contributed by atoms with Gasteiger partial charge >= 0.3 is 0 Å². The Hall–Kier alpha value is -7.36. The van der Waals surface area contributed by atoms with Gasteiger partial charge in [0, 0.05) is 32.8 Å². The van der Waals surface area contributed by atoms with E-state index >= 15 is 0 Å². The van der Waals surface area contributed by atoms with Crippen LogP contribution in [0.4, 0.5) is 0 Å². The Morgan fingerprint density at radius 1 is 0.317 bits per heavy atom. The van der Waals surface area contributed by atoms with E-state index in [1.165, 1.54) is 16.3 Å². The largest absolute Gasteiger partial charge is 0.456 e. The summed E-state index contributed by atoms with van der Waals surface area (Å²) in [6.45, 7) is 0. The van der Waals surface area contributed by atoms with Gasteiger partial charge in [0.15, 0.2) is 0 Å². The number of furan rings is 1. The van der Waals surface area contributed by atoms with Gasteiger partial charge in [0.25, 0.3) is 0 Å². The molecule has 12 aromatic rings. The number of benzene rings is 10. The third kappa shape index (κ3) is 5.59. The first-order valence-electron chi connectivity index (χ1n) is 21.0. The molecular formula is C56H30B5NO. The fourth-order valence-corrected chi connectivity index (χ4v) is 9.98. The zero-order chi connectivity index (χ0) is 42.5. The van der Waals surface area contributed by atoms with Crippen molar-refractivity contribution in [3.05, 3.63) is 182 Å². The van der Waals surface area contributed by atoms with Crippen LogP contribution in [-0.4, -0.2) is 43.8 Å². The van der Waals surface area contributed by atoms with Crippen LogP contribution in [0.25, 0.3) is 115 Å². The monoisotopic (exact) mass is 787 g/mol. The van der Waals surface area contributed by atoms with Crippen LogP contribution in [0.15, 0.2) is 186 Å². The highest BCUT2D eigenvalue weighted by molar-refractivity contribution is 6.69. The lowest BCUT2D eigenvalue weighted by atomic mass is 9.59. The van der Waals surface area contributed by atoms with Gasteiger partial charge in [0.2, 0.25) is 0 Å². The highest BCUT2D eigenvalue weighted by Crippen LogP contribution is 2.47. The first-order chi connectivity index (χ1) is 30.9. The normalized spacial score (nSPS) is 11.8. The van der Waals surface area contributed by atoms with Crippen molar-refractivity contribution < 1.29 is 4.42 Å². The summed E-state index contributed by atoms with van der Waals surface area (Å²) in [6, 6.07) is 64.3. The predicted molar refractivity (Wildman–Crippen MR) is 272 cm³/mol. The van der Waals surface area contributed by atoms with Gasteiger partial charge in [0.05, 0.1) is 11.0 Å². The molecule has 0 spiro atoms. The zero-order valence-electron chi connectivity index (χ0n) is 34.1. The summed E-state index contributed by atoms with van der Waals surface area (Å²) < 4.78 is 8.90. The Balaban J connectivity index is 1.08. The summed E-state index contributed by atoms with van der Waals surface area (Å²) in [5.74, 6) is 0. The van der Waals surface area contributed by atoms with E-state index in [0.717, 1.165) is 93.6 Å². The van der Waals surface area contributed by atoms with Crippen LogP contribution < -0.4 is 27.3 Å². The molecule has 0 fully saturated rings. The summed E-state index contributed by atoms with van der Waals surface area (Å²) >= 11 is 0. The van der Waals surface area contributed by atoms with Crippen molar-refractivity contribution >= 4 is 132 Å². The van der Waals surface area contributed by atoms with E-state index in [0.29, 0.717) is 16.5 Å². The van der Waals surface area contributed by atoms with Crippen molar-refractivity contribution in [3.8, 4) is 50.2 Å². The molecule has 0 saturated heterocycles. The van der Waals surface area contributed by atoms with Gasteiger partial charge in [-0.3, -0.25) is 0 Å². The van der Waals surface area contributed by atoms with Crippen LogP contribution in [0.3, 0.4) is 0 Å². The van der Waals surface area contributed by atoms with E-state index in [-0.39, 0.29) is 16.4 Å². The number of para-hydroxylation sites is 3. The molecule has 10 radical (unpaired) electrons. The predicted octanol–water partition coefficient (Wildman–Crippen LogP) is 9.63. The number of hydrogen-bond donors (Lipinski definition) is 0. The lowest BCUT2D eigenvalue weighted by Crippen LogP contribution is -2.55. The lowest BCUT2D eigenvalue weighted by molar-refractivity contribution is 0.669. The van der Waals surface area contributed by atoms with Gasteiger partial charge in [-0.1, -0.05) is 157 Å². The summed E-state index contributed by atoms with van der Waals surface area (Å²) in [4.78, 5) is 0. The lowest BCUT2D eigenvalue weighted by Gasteiger charge is -2.25. The van der Waals surface area contributed by atoms with E-state index in [1.54, 1.807) is 0 Å². The standard InChI is InChI=1S/C56H30B5NO/c57-52-51(53(58)55(60)56(61)54(52)59)49-40-17-6-4-15-38(40)47(39-16-5-7-18-41(39)49)32-24-22-31(23-25-32)35-28-29-46-50(42-19-9-11-21-45(42)63-46)48(35)33-26-27-37-36-14-8-10-20-43(36)62(44(37)30-33)34-12-2-1-3-13-34/h1-30H. The van der Waals surface area contributed by atoms with Crippen LogP contribution in [0, 0.1) is 0 Å². The fraction of sp³-hybridized carbons (Fsp3) is 0. The van der Waals surface area contributed by atoms with Crippen LogP contribution >= 0.6 is 0 Å². The Morgan fingerprint density at radius 3 is 1.49 bits per heavy atom. The number of fused-ring (bicyclic) bond motifs is 8. The molecule has 0 unspecified atom stereocenters.